The molecule has 0 heterocycles. The van der Waals surface area contributed by atoms with Crippen molar-refractivity contribution < 1.29 is 14.2 Å². The fraction of sp³-hybridized carbons (Fsp3) is 0.333. The number of hydrogen-bond acceptors (Lipinski definition) is 1. The summed E-state index contributed by atoms with van der Waals surface area (Å²) >= 11 is 0. The topological polar surface area (TPSA) is 29.1 Å². The molecule has 1 aromatic rings. The maximum atomic E-state index is 12.9. The van der Waals surface area contributed by atoms with Crippen molar-refractivity contribution in [3.63, 3.8) is 0 Å². The molecule has 1 aromatic carbocycles. The van der Waals surface area contributed by atoms with Gasteiger partial charge in [-0.05, 0) is 24.1 Å². The second-order valence-electron chi connectivity index (χ2n) is 2.42. The highest BCUT2D eigenvalue weighted by molar-refractivity contribution is 5.29. The number of benzene rings is 1. The molecule has 0 amide bonds. The highest BCUT2D eigenvalue weighted by Crippen LogP contribution is 2.17. The van der Waals surface area contributed by atoms with Crippen molar-refractivity contribution >= 4 is 0 Å². The van der Waals surface area contributed by atoms with Crippen LogP contribution in [0.1, 0.15) is 5.56 Å². The Kier molecular flexibility index (Phi) is 3.05. The van der Waals surface area contributed by atoms with Gasteiger partial charge in [0, 0.05) is 0 Å². The van der Waals surface area contributed by atoms with Gasteiger partial charge in [0.15, 0.2) is 11.6 Å². The molecule has 0 unspecified atom stereocenters. The lowest BCUT2D eigenvalue weighted by atomic mass is 10.1. The predicted molar refractivity (Wildman–Crippen MR) is 42.2 cm³/mol. The Labute approximate surface area is 70.6 Å². The van der Waals surface area contributed by atoms with E-state index < -0.39 is 5.82 Å². The number of ether oxygens (including phenoxy) is 1. The van der Waals surface area contributed by atoms with Crippen LogP contribution in [0.3, 0.4) is 0 Å². The molecule has 0 spiro atoms. The third-order valence-electron chi connectivity index (χ3n) is 1.61. The first-order valence-corrected chi connectivity index (χ1v) is 3.68. The van der Waals surface area contributed by atoms with Crippen LogP contribution in [0.15, 0.2) is 18.2 Å². The van der Waals surface area contributed by atoms with Gasteiger partial charge in [0.2, 0.25) is 0 Å². The Hall–Kier alpha value is -1.09. The van der Waals surface area contributed by atoms with Crippen LogP contribution in [0.25, 0.3) is 0 Å². The van der Waals surface area contributed by atoms with Gasteiger partial charge in [-0.25, -0.2) is 9.50 Å². The summed E-state index contributed by atoms with van der Waals surface area (Å²) in [7, 11) is 1.41. The zero-order valence-electron chi connectivity index (χ0n) is 6.84. The molecular weight excluding hydrogens is 159 g/mol. The summed E-state index contributed by atoms with van der Waals surface area (Å²) in [6.07, 6.45) is 0.362. The van der Waals surface area contributed by atoms with Crippen LogP contribution in [-0.2, 0) is 11.5 Å². The predicted octanol–water partition coefficient (Wildman–Crippen LogP) is 1.81. The van der Waals surface area contributed by atoms with Crippen LogP contribution in [0, 0.1) is 5.82 Å². The summed E-state index contributed by atoms with van der Waals surface area (Å²) < 4.78 is 17.7. The molecule has 0 N–H and O–H groups in total. The summed E-state index contributed by atoms with van der Waals surface area (Å²) in [5, 5.41) is 10.2. The molecule has 0 saturated heterocycles. The molecule has 0 fully saturated rings. The highest BCUT2D eigenvalue weighted by atomic mass is 19.1. The summed E-state index contributed by atoms with van der Waals surface area (Å²) in [5.41, 5.74) is 0.711. The van der Waals surface area contributed by atoms with Crippen molar-refractivity contribution in [2.45, 2.75) is 6.42 Å². The van der Waals surface area contributed by atoms with Crippen molar-refractivity contribution in [2.75, 3.05) is 13.7 Å². The van der Waals surface area contributed by atoms with Crippen molar-refractivity contribution in [2.24, 2.45) is 0 Å². The van der Waals surface area contributed by atoms with Gasteiger partial charge in [0.05, 0.1) is 13.7 Å². The van der Waals surface area contributed by atoms with Gasteiger partial charge in [-0.2, -0.15) is 0 Å². The van der Waals surface area contributed by atoms with E-state index in [4.69, 9.17) is 4.74 Å². The van der Waals surface area contributed by atoms with Crippen LogP contribution in [0.5, 0.6) is 5.75 Å². The van der Waals surface area contributed by atoms with Gasteiger partial charge in [-0.3, -0.25) is 0 Å². The molecule has 0 aliphatic heterocycles. The average Bonchev–Trinajstić information content (AvgIpc) is 2.05. The molecule has 0 bridgehead atoms. The summed E-state index contributed by atoms with van der Waals surface area (Å²) in [4.78, 5) is 0. The quantitative estimate of drug-likeness (QED) is 0.678. The van der Waals surface area contributed by atoms with Crippen molar-refractivity contribution in [1.82, 2.24) is 0 Å². The second kappa shape index (κ2) is 4.07. The highest BCUT2D eigenvalue weighted by Gasteiger charge is 2.02. The standard InChI is InChI=1S/C9H10FO2/c1-12-9-3-2-7(4-5-11)6-8(9)10/h2-3,6H,4-5H2,1H3. The molecule has 65 valence electrons. The van der Waals surface area contributed by atoms with Crippen molar-refractivity contribution in [3.8, 4) is 5.75 Å². The van der Waals surface area contributed by atoms with E-state index in [1.807, 2.05) is 0 Å². The maximum absolute atomic E-state index is 12.9. The van der Waals surface area contributed by atoms with Crippen LogP contribution in [0.2, 0.25) is 0 Å². The number of halogens is 1. The third-order valence-corrected chi connectivity index (χ3v) is 1.61. The van der Waals surface area contributed by atoms with Crippen LogP contribution in [-0.4, -0.2) is 13.7 Å². The number of rotatable bonds is 3. The molecule has 0 atom stereocenters. The second-order valence-corrected chi connectivity index (χ2v) is 2.42. The minimum Gasteiger partial charge on any atom is -0.494 e. The monoisotopic (exact) mass is 169 g/mol. The lowest BCUT2D eigenvalue weighted by Gasteiger charge is -2.02. The summed E-state index contributed by atoms with van der Waals surface area (Å²) in [6.45, 7) is -0.216. The number of hydrogen-bond donors (Lipinski definition) is 0. The number of methoxy groups -OCH3 is 1. The first-order chi connectivity index (χ1) is 5.77. The minimum atomic E-state index is -0.413. The lowest BCUT2D eigenvalue weighted by Crippen LogP contribution is -1.93. The van der Waals surface area contributed by atoms with Gasteiger partial charge in [-0.1, -0.05) is 6.07 Å². The molecule has 1 rings (SSSR count). The zero-order valence-corrected chi connectivity index (χ0v) is 6.84. The van der Waals surface area contributed by atoms with E-state index in [-0.39, 0.29) is 12.4 Å². The first kappa shape index (κ1) is 9.00. The molecule has 0 aliphatic rings. The Morgan fingerprint density at radius 1 is 1.50 bits per heavy atom. The van der Waals surface area contributed by atoms with Crippen LogP contribution in [0.4, 0.5) is 4.39 Å². The Bertz CT molecular complexity index is 261. The van der Waals surface area contributed by atoms with Gasteiger partial charge < -0.3 is 4.74 Å². The van der Waals surface area contributed by atoms with Gasteiger partial charge in [0.1, 0.15) is 0 Å². The van der Waals surface area contributed by atoms with E-state index in [2.05, 4.69) is 0 Å². The molecule has 0 aromatic heterocycles. The molecule has 12 heavy (non-hydrogen) atoms. The lowest BCUT2D eigenvalue weighted by molar-refractivity contribution is 0.197. The molecule has 3 heteroatoms. The molecule has 1 radical (unpaired) electrons. The summed E-state index contributed by atoms with van der Waals surface area (Å²) in [5.74, 6) is -0.201. The first-order valence-electron chi connectivity index (χ1n) is 3.68. The Balaban J connectivity index is 2.86. The van der Waals surface area contributed by atoms with E-state index in [9.17, 15) is 9.50 Å². The summed E-state index contributed by atoms with van der Waals surface area (Å²) in [6, 6.07) is 4.55. The van der Waals surface area contributed by atoms with E-state index in [1.54, 1.807) is 6.07 Å². The van der Waals surface area contributed by atoms with E-state index in [0.717, 1.165) is 0 Å². The van der Waals surface area contributed by atoms with Crippen molar-refractivity contribution in [1.29, 1.82) is 0 Å². The van der Waals surface area contributed by atoms with Gasteiger partial charge >= 0.3 is 0 Å². The van der Waals surface area contributed by atoms with Crippen molar-refractivity contribution in [3.05, 3.63) is 29.6 Å². The fourth-order valence-electron chi connectivity index (χ4n) is 0.983. The molecular formula is C9H10FO2. The van der Waals surface area contributed by atoms with Gasteiger partial charge in [-0.15, -0.1) is 0 Å². The van der Waals surface area contributed by atoms with Gasteiger partial charge in [0.25, 0.3) is 0 Å². The minimum absolute atomic E-state index is 0.213. The SMILES string of the molecule is COc1ccc(CC[O])cc1F. The third kappa shape index (κ3) is 1.95. The molecule has 0 aliphatic carbocycles. The van der Waals surface area contributed by atoms with E-state index in [0.29, 0.717) is 12.0 Å². The molecule has 0 saturated carbocycles. The Morgan fingerprint density at radius 2 is 2.25 bits per heavy atom. The van der Waals surface area contributed by atoms with Crippen LogP contribution >= 0.6 is 0 Å². The van der Waals surface area contributed by atoms with Crippen LogP contribution < -0.4 is 4.74 Å². The average molecular weight is 169 g/mol. The molecule has 2 nitrogen and oxygen atoms in total. The van der Waals surface area contributed by atoms with E-state index >= 15 is 0 Å². The maximum Gasteiger partial charge on any atom is 0.165 e. The largest absolute Gasteiger partial charge is 0.494 e. The normalized spacial score (nSPS) is 9.92. The van der Waals surface area contributed by atoms with E-state index in [1.165, 1.54) is 19.2 Å². The smallest absolute Gasteiger partial charge is 0.165 e. The fourth-order valence-corrected chi connectivity index (χ4v) is 0.983. The zero-order chi connectivity index (χ0) is 8.97. The Morgan fingerprint density at radius 3 is 2.75 bits per heavy atom.